The lowest BCUT2D eigenvalue weighted by Gasteiger charge is -2.22. The summed E-state index contributed by atoms with van der Waals surface area (Å²) < 4.78 is 17.0. The first kappa shape index (κ1) is 23.2. The number of furan rings is 2. The van der Waals surface area contributed by atoms with Gasteiger partial charge >= 0.3 is 0 Å². The Morgan fingerprint density at radius 2 is 1.81 bits per heavy atom. The van der Waals surface area contributed by atoms with Crippen LogP contribution >= 0.6 is 0 Å². The van der Waals surface area contributed by atoms with Crippen LogP contribution < -0.4 is 4.74 Å². The van der Waals surface area contributed by atoms with Crippen molar-refractivity contribution >= 4 is 17.4 Å². The Kier molecular flexibility index (Phi) is 6.21. The number of benzene rings is 2. The minimum atomic E-state index is -0.888. The van der Waals surface area contributed by atoms with Crippen LogP contribution in [0.25, 0.3) is 5.76 Å². The first-order valence-electron chi connectivity index (χ1n) is 11.6. The molecule has 1 aliphatic heterocycles. The molecule has 0 aliphatic carbocycles. The number of aliphatic hydroxyl groups excluding tert-OH is 1. The molecular weight excluding hydrogens is 458 g/mol. The van der Waals surface area contributed by atoms with E-state index in [1.54, 1.807) is 55.5 Å². The predicted molar refractivity (Wildman–Crippen MR) is 132 cm³/mol. The fourth-order valence-electron chi connectivity index (χ4n) is 4.34. The Labute approximate surface area is 208 Å². The largest absolute Gasteiger partial charge is 0.507 e. The van der Waals surface area contributed by atoms with Crippen molar-refractivity contribution in [2.45, 2.75) is 33.0 Å². The molecule has 1 atom stereocenters. The fraction of sp³-hybridized carbons (Fsp3) is 0.172. The number of carbonyl (C=O) groups excluding carboxylic acids is 2. The molecule has 0 saturated carbocycles. The van der Waals surface area contributed by atoms with Crippen molar-refractivity contribution in [2.75, 3.05) is 0 Å². The van der Waals surface area contributed by atoms with E-state index in [1.165, 1.54) is 11.2 Å². The average Bonchev–Trinajstić information content (AvgIpc) is 3.60. The van der Waals surface area contributed by atoms with E-state index >= 15 is 0 Å². The number of hydrogen-bond acceptors (Lipinski definition) is 6. The monoisotopic (exact) mass is 483 g/mol. The molecule has 0 spiro atoms. The SMILES string of the molecule is Cc1cccc(COc2ccc(C(O)=C3C(=O)C(=O)N(Cc4ccco4)[C@@H]3c3ccc(C)o3)cc2)c1. The summed E-state index contributed by atoms with van der Waals surface area (Å²) in [6.45, 7) is 4.27. The lowest BCUT2D eigenvalue weighted by Crippen LogP contribution is -2.28. The van der Waals surface area contributed by atoms with Crippen molar-refractivity contribution in [1.29, 1.82) is 0 Å². The Hall–Kier alpha value is -4.52. The highest BCUT2D eigenvalue weighted by Crippen LogP contribution is 2.41. The second kappa shape index (κ2) is 9.62. The number of aliphatic hydroxyl groups is 1. The standard InChI is InChI=1S/C29H25NO6/c1-18-5-3-6-20(15-18)17-35-22-11-9-21(10-12-22)27(31)25-26(24-13-8-19(2)36-24)30(29(33)28(25)32)16-23-7-4-14-34-23/h3-15,26,31H,16-17H2,1-2H3/t26-/m1/s1. The molecule has 4 aromatic rings. The predicted octanol–water partition coefficient (Wildman–Crippen LogP) is 5.69. The summed E-state index contributed by atoms with van der Waals surface area (Å²) in [5, 5.41) is 11.2. The molecule has 7 heteroatoms. The molecule has 1 N–H and O–H groups in total. The number of aryl methyl sites for hydroxylation is 2. The van der Waals surface area contributed by atoms with Gasteiger partial charge in [-0.15, -0.1) is 0 Å². The van der Waals surface area contributed by atoms with E-state index in [9.17, 15) is 14.7 Å². The zero-order chi connectivity index (χ0) is 25.2. The minimum Gasteiger partial charge on any atom is -0.507 e. The van der Waals surface area contributed by atoms with Gasteiger partial charge in [0.05, 0.1) is 18.4 Å². The normalized spacial score (nSPS) is 17.1. The van der Waals surface area contributed by atoms with Gasteiger partial charge in [0, 0.05) is 5.56 Å². The Morgan fingerprint density at radius 1 is 1.00 bits per heavy atom. The number of hydrogen-bond donors (Lipinski definition) is 1. The maximum absolute atomic E-state index is 13.1. The maximum Gasteiger partial charge on any atom is 0.296 e. The first-order valence-corrected chi connectivity index (χ1v) is 11.6. The van der Waals surface area contributed by atoms with Crippen LogP contribution in [0.15, 0.2) is 93.5 Å². The lowest BCUT2D eigenvalue weighted by molar-refractivity contribution is -0.140. The van der Waals surface area contributed by atoms with Gasteiger partial charge in [0.25, 0.3) is 11.7 Å². The quantitative estimate of drug-likeness (QED) is 0.206. The van der Waals surface area contributed by atoms with Gasteiger partial charge in [0.15, 0.2) is 0 Å². The van der Waals surface area contributed by atoms with Gasteiger partial charge in [-0.25, -0.2) is 0 Å². The molecule has 1 fully saturated rings. The van der Waals surface area contributed by atoms with Crippen LogP contribution in [-0.4, -0.2) is 21.7 Å². The summed E-state index contributed by atoms with van der Waals surface area (Å²) in [5.74, 6) is 0.356. The molecule has 2 aromatic carbocycles. The summed E-state index contributed by atoms with van der Waals surface area (Å²) in [6, 6.07) is 20.8. The summed E-state index contributed by atoms with van der Waals surface area (Å²) in [6.07, 6.45) is 1.50. The molecule has 1 saturated heterocycles. The average molecular weight is 484 g/mol. The third-order valence-electron chi connectivity index (χ3n) is 6.09. The van der Waals surface area contributed by atoms with E-state index < -0.39 is 17.7 Å². The smallest absolute Gasteiger partial charge is 0.296 e. The van der Waals surface area contributed by atoms with Crippen LogP contribution in [0.4, 0.5) is 0 Å². The molecule has 3 heterocycles. The number of ketones is 1. The fourth-order valence-corrected chi connectivity index (χ4v) is 4.34. The number of rotatable bonds is 7. The van der Waals surface area contributed by atoms with Crippen LogP contribution in [0, 0.1) is 13.8 Å². The number of likely N-dealkylation sites (tertiary alicyclic amines) is 1. The molecule has 1 aliphatic rings. The summed E-state index contributed by atoms with van der Waals surface area (Å²) >= 11 is 0. The molecule has 36 heavy (non-hydrogen) atoms. The first-order chi connectivity index (χ1) is 17.4. The molecule has 0 unspecified atom stereocenters. The van der Waals surface area contributed by atoms with E-state index in [0.29, 0.717) is 35.2 Å². The number of carbonyl (C=O) groups is 2. The summed E-state index contributed by atoms with van der Waals surface area (Å²) in [7, 11) is 0. The highest BCUT2D eigenvalue weighted by atomic mass is 16.5. The second-order valence-corrected chi connectivity index (χ2v) is 8.76. The Bertz CT molecular complexity index is 1430. The van der Waals surface area contributed by atoms with Crippen molar-refractivity contribution in [3.05, 3.63) is 119 Å². The van der Waals surface area contributed by atoms with Crippen molar-refractivity contribution in [1.82, 2.24) is 4.90 Å². The lowest BCUT2D eigenvalue weighted by atomic mass is 9.99. The maximum atomic E-state index is 13.1. The van der Waals surface area contributed by atoms with Gasteiger partial charge < -0.3 is 23.6 Å². The Morgan fingerprint density at radius 3 is 2.47 bits per heavy atom. The molecule has 0 bridgehead atoms. The number of ether oxygens (including phenoxy) is 1. The van der Waals surface area contributed by atoms with Crippen molar-refractivity contribution in [2.24, 2.45) is 0 Å². The van der Waals surface area contributed by atoms with E-state index in [2.05, 4.69) is 6.07 Å². The van der Waals surface area contributed by atoms with Gasteiger partial charge in [-0.1, -0.05) is 29.8 Å². The molecule has 5 rings (SSSR count). The van der Waals surface area contributed by atoms with Gasteiger partial charge in [0.1, 0.15) is 41.4 Å². The summed E-state index contributed by atoms with van der Waals surface area (Å²) in [4.78, 5) is 27.4. The third kappa shape index (κ3) is 4.55. The van der Waals surface area contributed by atoms with Crippen LogP contribution in [-0.2, 0) is 22.7 Å². The highest BCUT2D eigenvalue weighted by Gasteiger charge is 2.47. The van der Waals surface area contributed by atoms with Crippen LogP contribution in [0.1, 0.15) is 40.0 Å². The van der Waals surface area contributed by atoms with Gasteiger partial charge in [-0.2, -0.15) is 0 Å². The Balaban J connectivity index is 1.45. The van der Waals surface area contributed by atoms with E-state index in [-0.39, 0.29) is 17.9 Å². The van der Waals surface area contributed by atoms with Crippen molar-refractivity contribution in [3.63, 3.8) is 0 Å². The highest BCUT2D eigenvalue weighted by molar-refractivity contribution is 6.46. The van der Waals surface area contributed by atoms with Crippen molar-refractivity contribution in [3.8, 4) is 5.75 Å². The van der Waals surface area contributed by atoms with E-state index in [0.717, 1.165) is 11.1 Å². The van der Waals surface area contributed by atoms with Crippen LogP contribution in [0.5, 0.6) is 5.75 Å². The zero-order valence-electron chi connectivity index (χ0n) is 19.9. The second-order valence-electron chi connectivity index (χ2n) is 8.76. The van der Waals surface area contributed by atoms with Crippen LogP contribution in [0.2, 0.25) is 0 Å². The van der Waals surface area contributed by atoms with Gasteiger partial charge in [-0.3, -0.25) is 9.59 Å². The third-order valence-corrected chi connectivity index (χ3v) is 6.09. The summed E-state index contributed by atoms with van der Waals surface area (Å²) in [5.41, 5.74) is 2.56. The van der Waals surface area contributed by atoms with Gasteiger partial charge in [0.2, 0.25) is 0 Å². The topological polar surface area (TPSA) is 93.1 Å². The molecular formula is C29H25NO6. The van der Waals surface area contributed by atoms with E-state index in [1.807, 2.05) is 25.1 Å². The number of amides is 1. The minimum absolute atomic E-state index is 0.0330. The number of Topliss-reactive ketones (excluding diaryl/α,β-unsaturated/α-hetero) is 1. The molecule has 0 radical (unpaired) electrons. The molecule has 182 valence electrons. The molecule has 1 amide bonds. The number of nitrogens with zero attached hydrogens (tertiary/aromatic N) is 1. The molecule has 7 nitrogen and oxygen atoms in total. The van der Waals surface area contributed by atoms with Crippen molar-refractivity contribution < 1.29 is 28.3 Å². The van der Waals surface area contributed by atoms with E-state index in [4.69, 9.17) is 13.6 Å². The molecule has 2 aromatic heterocycles. The van der Waals surface area contributed by atoms with Gasteiger partial charge in [-0.05, 0) is 67.9 Å². The van der Waals surface area contributed by atoms with Crippen LogP contribution in [0.3, 0.4) is 0 Å². The zero-order valence-corrected chi connectivity index (χ0v) is 19.9.